The lowest BCUT2D eigenvalue weighted by Crippen LogP contribution is -2.36. The topological polar surface area (TPSA) is 102 Å². The van der Waals surface area contributed by atoms with Gasteiger partial charge in [0.2, 0.25) is 0 Å². The standard InChI is InChI=1S/C25H26N4O5S/c1-15-23(35-16(2)26-15)24(30)27-19-8-5-17(6-9-19)11-12-29-25(31)34-14-20(28-29)18-7-10-21(32-3)22(13-18)33-4/h5-10,13H,11-12,14H2,1-4H3,(H,27,30). The number of hydrogen-bond donors (Lipinski definition) is 1. The smallest absolute Gasteiger partial charge is 0.430 e. The number of aromatic nitrogens is 1. The molecule has 0 unspecified atom stereocenters. The van der Waals surface area contributed by atoms with Gasteiger partial charge in [-0.15, -0.1) is 11.3 Å². The molecule has 4 rings (SSSR count). The van der Waals surface area contributed by atoms with E-state index in [1.54, 1.807) is 26.4 Å². The summed E-state index contributed by atoms with van der Waals surface area (Å²) >= 11 is 1.37. The van der Waals surface area contributed by atoms with Gasteiger partial charge in [-0.1, -0.05) is 12.1 Å². The third kappa shape index (κ3) is 5.60. The Morgan fingerprint density at radius 2 is 1.86 bits per heavy atom. The fraction of sp³-hybridized carbons (Fsp3) is 0.280. The molecular formula is C25H26N4O5S. The summed E-state index contributed by atoms with van der Waals surface area (Å²) in [7, 11) is 3.14. The fourth-order valence-corrected chi connectivity index (χ4v) is 4.45. The van der Waals surface area contributed by atoms with E-state index in [1.807, 2.05) is 44.2 Å². The van der Waals surface area contributed by atoms with E-state index in [2.05, 4.69) is 15.4 Å². The highest BCUT2D eigenvalue weighted by atomic mass is 32.1. The van der Waals surface area contributed by atoms with Crippen LogP contribution in [0.25, 0.3) is 0 Å². The van der Waals surface area contributed by atoms with Crippen LogP contribution in [0.3, 0.4) is 0 Å². The predicted octanol–water partition coefficient (Wildman–Crippen LogP) is 4.43. The summed E-state index contributed by atoms with van der Waals surface area (Å²) in [5.41, 5.74) is 3.82. The number of anilines is 1. The minimum atomic E-state index is -0.492. The molecule has 3 aromatic rings. The number of thiazole rings is 1. The van der Waals surface area contributed by atoms with E-state index in [9.17, 15) is 9.59 Å². The Labute approximate surface area is 207 Å². The van der Waals surface area contributed by atoms with Gasteiger partial charge in [0.15, 0.2) is 11.5 Å². The number of methoxy groups -OCH3 is 2. The average Bonchev–Trinajstić information content (AvgIpc) is 3.21. The molecule has 2 amide bonds. The number of rotatable bonds is 8. The number of carbonyl (C=O) groups excluding carboxylic acids is 2. The lowest BCUT2D eigenvalue weighted by atomic mass is 10.1. The van der Waals surface area contributed by atoms with Crippen molar-refractivity contribution in [2.75, 3.05) is 32.7 Å². The largest absolute Gasteiger partial charge is 0.493 e. The second kappa shape index (κ2) is 10.6. The van der Waals surface area contributed by atoms with Crippen LogP contribution in [0, 0.1) is 13.8 Å². The third-order valence-electron chi connectivity index (χ3n) is 5.44. The van der Waals surface area contributed by atoms with E-state index in [4.69, 9.17) is 14.2 Å². The van der Waals surface area contributed by atoms with E-state index in [0.717, 1.165) is 21.8 Å². The van der Waals surface area contributed by atoms with Crippen molar-refractivity contribution in [3.05, 3.63) is 69.2 Å². The van der Waals surface area contributed by atoms with Crippen LogP contribution < -0.4 is 14.8 Å². The van der Waals surface area contributed by atoms with Crippen LogP contribution in [0.2, 0.25) is 0 Å². The number of carbonyl (C=O) groups is 2. The number of hydrogen-bond acceptors (Lipinski definition) is 8. The van der Waals surface area contributed by atoms with Crippen LogP contribution in [-0.4, -0.2) is 55.1 Å². The van der Waals surface area contributed by atoms with Gasteiger partial charge in [0, 0.05) is 11.3 Å². The molecule has 0 radical (unpaired) electrons. The first kappa shape index (κ1) is 24.2. The number of cyclic esters (lactones) is 1. The molecule has 0 aliphatic carbocycles. The summed E-state index contributed by atoms with van der Waals surface area (Å²) in [4.78, 5) is 29.7. The van der Waals surface area contributed by atoms with Gasteiger partial charge in [0.25, 0.3) is 5.91 Å². The Bertz CT molecular complexity index is 1270. The zero-order valence-corrected chi connectivity index (χ0v) is 20.8. The Hall–Kier alpha value is -3.92. The summed E-state index contributed by atoms with van der Waals surface area (Å²) in [6.45, 7) is 4.13. The molecule has 1 aliphatic heterocycles. The lowest BCUT2D eigenvalue weighted by molar-refractivity contribution is 0.102. The molecule has 1 N–H and O–H groups in total. The number of aryl methyl sites for hydroxylation is 2. The lowest BCUT2D eigenvalue weighted by Gasteiger charge is -2.24. The Morgan fingerprint density at radius 1 is 1.11 bits per heavy atom. The Morgan fingerprint density at radius 3 is 2.51 bits per heavy atom. The van der Waals surface area contributed by atoms with Crippen LogP contribution in [0.4, 0.5) is 10.5 Å². The van der Waals surface area contributed by atoms with Crippen molar-refractivity contribution in [3.63, 3.8) is 0 Å². The molecule has 0 saturated carbocycles. The van der Waals surface area contributed by atoms with Gasteiger partial charge in [-0.2, -0.15) is 10.1 Å². The van der Waals surface area contributed by atoms with Crippen molar-refractivity contribution in [2.45, 2.75) is 20.3 Å². The van der Waals surface area contributed by atoms with E-state index in [0.29, 0.717) is 40.7 Å². The van der Waals surface area contributed by atoms with Crippen molar-refractivity contribution in [2.24, 2.45) is 5.10 Å². The monoisotopic (exact) mass is 494 g/mol. The first-order valence-electron chi connectivity index (χ1n) is 11.0. The Balaban J connectivity index is 1.39. The highest BCUT2D eigenvalue weighted by Crippen LogP contribution is 2.28. The number of ether oxygens (including phenoxy) is 3. The number of benzene rings is 2. The molecule has 10 heteroatoms. The number of amides is 2. The molecule has 1 aliphatic rings. The van der Waals surface area contributed by atoms with Gasteiger partial charge in [-0.3, -0.25) is 4.79 Å². The minimum Gasteiger partial charge on any atom is -0.493 e. The summed E-state index contributed by atoms with van der Waals surface area (Å²) in [5.74, 6) is 1.01. The van der Waals surface area contributed by atoms with Crippen LogP contribution >= 0.6 is 11.3 Å². The highest BCUT2D eigenvalue weighted by Gasteiger charge is 2.23. The van der Waals surface area contributed by atoms with Crippen molar-refractivity contribution in [1.29, 1.82) is 0 Å². The minimum absolute atomic E-state index is 0.0813. The predicted molar refractivity (Wildman–Crippen MR) is 134 cm³/mol. The van der Waals surface area contributed by atoms with Gasteiger partial charge >= 0.3 is 6.09 Å². The van der Waals surface area contributed by atoms with Gasteiger partial charge < -0.3 is 19.5 Å². The molecule has 0 saturated heterocycles. The van der Waals surface area contributed by atoms with E-state index >= 15 is 0 Å². The molecule has 0 atom stereocenters. The maximum Gasteiger partial charge on any atom is 0.430 e. The SMILES string of the molecule is COc1ccc(C2=NN(CCc3ccc(NC(=O)c4sc(C)nc4C)cc3)C(=O)OC2)cc1OC. The maximum absolute atomic E-state index is 12.5. The number of hydrazone groups is 1. The number of nitrogens with one attached hydrogen (secondary N) is 1. The summed E-state index contributed by atoms with van der Waals surface area (Å²) in [6, 6.07) is 12.9. The molecule has 0 fully saturated rings. The Kier molecular flexibility index (Phi) is 7.31. The summed E-state index contributed by atoms with van der Waals surface area (Å²) < 4.78 is 16.0. The van der Waals surface area contributed by atoms with Crippen molar-refractivity contribution in [1.82, 2.24) is 9.99 Å². The highest BCUT2D eigenvalue weighted by molar-refractivity contribution is 7.13. The zero-order chi connectivity index (χ0) is 24.9. The van der Waals surface area contributed by atoms with Gasteiger partial charge in [-0.25, -0.2) is 9.78 Å². The summed E-state index contributed by atoms with van der Waals surface area (Å²) in [6.07, 6.45) is 0.0764. The van der Waals surface area contributed by atoms with Crippen molar-refractivity contribution < 1.29 is 23.8 Å². The zero-order valence-electron chi connectivity index (χ0n) is 20.0. The molecule has 2 heterocycles. The molecule has 0 spiro atoms. The van der Waals surface area contributed by atoms with Gasteiger partial charge in [-0.05, 0) is 56.2 Å². The second-order valence-corrected chi connectivity index (χ2v) is 9.05. The normalized spacial score (nSPS) is 13.2. The first-order chi connectivity index (χ1) is 16.9. The average molecular weight is 495 g/mol. The van der Waals surface area contributed by atoms with Gasteiger partial charge in [0.1, 0.15) is 17.2 Å². The quantitative estimate of drug-likeness (QED) is 0.497. The molecule has 182 valence electrons. The summed E-state index contributed by atoms with van der Waals surface area (Å²) in [5, 5.41) is 9.57. The van der Waals surface area contributed by atoms with Crippen LogP contribution in [0.1, 0.15) is 31.5 Å². The van der Waals surface area contributed by atoms with E-state index in [-0.39, 0.29) is 12.5 Å². The molecule has 0 bridgehead atoms. The van der Waals surface area contributed by atoms with Crippen molar-refractivity contribution >= 4 is 34.7 Å². The number of nitrogens with zero attached hydrogens (tertiary/aromatic N) is 3. The molecule has 1 aromatic heterocycles. The molecule has 9 nitrogen and oxygen atoms in total. The van der Waals surface area contributed by atoms with Crippen molar-refractivity contribution in [3.8, 4) is 11.5 Å². The third-order valence-corrected chi connectivity index (χ3v) is 6.51. The fourth-order valence-electron chi connectivity index (χ4n) is 3.64. The van der Waals surface area contributed by atoms with Gasteiger partial charge in [0.05, 0.1) is 31.5 Å². The molecule has 35 heavy (non-hydrogen) atoms. The first-order valence-corrected chi connectivity index (χ1v) is 11.8. The van der Waals surface area contributed by atoms with E-state index in [1.165, 1.54) is 16.3 Å². The molecular weight excluding hydrogens is 468 g/mol. The molecule has 2 aromatic carbocycles. The van der Waals surface area contributed by atoms with Crippen LogP contribution in [0.15, 0.2) is 47.6 Å². The second-order valence-electron chi connectivity index (χ2n) is 7.84. The van der Waals surface area contributed by atoms with E-state index < -0.39 is 6.09 Å². The maximum atomic E-state index is 12.5. The van der Waals surface area contributed by atoms with Crippen LogP contribution in [-0.2, 0) is 11.2 Å². The van der Waals surface area contributed by atoms with Crippen LogP contribution in [0.5, 0.6) is 11.5 Å².